The monoisotopic (exact) mass is 297 g/mol. The van der Waals surface area contributed by atoms with E-state index in [-0.39, 0.29) is 0 Å². The van der Waals surface area contributed by atoms with Gasteiger partial charge < -0.3 is 10.6 Å². The Balaban J connectivity index is 1.96. The SMILES string of the molecule is S=C(NC1=CC[CH]C=C1)Nc1ccc(Cl)c(Cl)c1. The highest BCUT2D eigenvalue weighted by Crippen LogP contribution is 2.24. The Labute approximate surface area is 122 Å². The van der Waals surface area contributed by atoms with Crippen molar-refractivity contribution in [2.45, 2.75) is 6.42 Å². The van der Waals surface area contributed by atoms with Crippen molar-refractivity contribution in [3.63, 3.8) is 0 Å². The molecular weight excluding hydrogens is 287 g/mol. The highest BCUT2D eigenvalue weighted by molar-refractivity contribution is 7.80. The van der Waals surface area contributed by atoms with Gasteiger partial charge in [-0.25, -0.2) is 0 Å². The second-order valence-electron chi connectivity index (χ2n) is 3.70. The first-order valence-corrected chi connectivity index (χ1v) is 6.54. The van der Waals surface area contributed by atoms with E-state index < -0.39 is 0 Å². The number of allylic oxidation sites excluding steroid dienone is 3. The summed E-state index contributed by atoms with van der Waals surface area (Å²) in [5.74, 6) is 0. The lowest BCUT2D eigenvalue weighted by atomic mass is 10.1. The van der Waals surface area contributed by atoms with Crippen molar-refractivity contribution in [3.05, 3.63) is 58.6 Å². The van der Waals surface area contributed by atoms with E-state index in [1.807, 2.05) is 18.2 Å². The minimum atomic E-state index is 0.496. The summed E-state index contributed by atoms with van der Waals surface area (Å²) in [7, 11) is 0. The van der Waals surface area contributed by atoms with Gasteiger partial charge in [0.25, 0.3) is 0 Å². The predicted molar refractivity (Wildman–Crippen MR) is 82.0 cm³/mol. The van der Waals surface area contributed by atoms with Gasteiger partial charge in [0.05, 0.1) is 10.0 Å². The maximum absolute atomic E-state index is 5.93. The molecule has 0 heterocycles. The fraction of sp³-hybridized carbons (Fsp3) is 0.0769. The summed E-state index contributed by atoms with van der Waals surface area (Å²) in [6, 6.07) is 5.28. The highest BCUT2D eigenvalue weighted by atomic mass is 35.5. The van der Waals surface area contributed by atoms with Crippen LogP contribution in [0.1, 0.15) is 6.42 Å². The molecule has 0 bridgehead atoms. The number of rotatable bonds is 2. The molecule has 5 heteroatoms. The van der Waals surface area contributed by atoms with Crippen molar-refractivity contribution in [3.8, 4) is 0 Å². The first-order valence-electron chi connectivity index (χ1n) is 5.38. The highest BCUT2D eigenvalue weighted by Gasteiger charge is 2.03. The maximum Gasteiger partial charge on any atom is 0.175 e. The van der Waals surface area contributed by atoms with Gasteiger partial charge in [0.15, 0.2) is 5.11 Å². The third kappa shape index (κ3) is 3.73. The number of benzene rings is 1. The molecule has 0 amide bonds. The van der Waals surface area contributed by atoms with E-state index in [0.29, 0.717) is 15.2 Å². The molecule has 18 heavy (non-hydrogen) atoms. The summed E-state index contributed by atoms with van der Waals surface area (Å²) in [5.41, 5.74) is 1.78. The molecule has 0 saturated heterocycles. The Kier molecular flexibility index (Phi) is 4.64. The number of hydrogen-bond acceptors (Lipinski definition) is 1. The van der Waals surface area contributed by atoms with Crippen LogP contribution in [0.2, 0.25) is 10.0 Å². The quantitative estimate of drug-likeness (QED) is 0.795. The van der Waals surface area contributed by atoms with Crippen LogP contribution in [0.25, 0.3) is 0 Å². The number of anilines is 1. The van der Waals surface area contributed by atoms with Crippen molar-refractivity contribution in [1.29, 1.82) is 0 Å². The molecule has 1 aliphatic carbocycles. The minimum Gasteiger partial charge on any atom is -0.333 e. The second-order valence-corrected chi connectivity index (χ2v) is 4.92. The van der Waals surface area contributed by atoms with E-state index in [4.69, 9.17) is 35.4 Å². The molecule has 0 atom stereocenters. The Morgan fingerprint density at radius 2 is 2.00 bits per heavy atom. The molecule has 0 saturated carbocycles. The van der Waals surface area contributed by atoms with E-state index in [1.165, 1.54) is 0 Å². The summed E-state index contributed by atoms with van der Waals surface area (Å²) in [6.07, 6.45) is 8.99. The maximum atomic E-state index is 5.93. The first-order chi connectivity index (χ1) is 8.65. The largest absolute Gasteiger partial charge is 0.333 e. The molecule has 0 aromatic heterocycles. The van der Waals surface area contributed by atoms with Crippen molar-refractivity contribution < 1.29 is 0 Å². The van der Waals surface area contributed by atoms with E-state index >= 15 is 0 Å². The number of nitrogens with one attached hydrogen (secondary N) is 2. The van der Waals surface area contributed by atoms with Crippen LogP contribution in [0.3, 0.4) is 0 Å². The van der Waals surface area contributed by atoms with Crippen LogP contribution in [0.15, 0.2) is 42.1 Å². The summed E-state index contributed by atoms with van der Waals surface area (Å²) >= 11 is 17.0. The second kappa shape index (κ2) is 6.23. The first kappa shape index (κ1) is 13.4. The van der Waals surface area contributed by atoms with Gasteiger partial charge in [-0.2, -0.15) is 0 Å². The lowest BCUT2D eigenvalue weighted by molar-refractivity contribution is 1.11. The molecule has 1 radical (unpaired) electrons. The molecule has 0 fully saturated rings. The third-order valence-corrected chi connectivity index (χ3v) is 3.26. The smallest absolute Gasteiger partial charge is 0.175 e. The Morgan fingerprint density at radius 3 is 2.67 bits per heavy atom. The van der Waals surface area contributed by atoms with Gasteiger partial charge in [-0.3, -0.25) is 0 Å². The molecule has 93 valence electrons. The average Bonchev–Trinajstić information content (AvgIpc) is 2.35. The van der Waals surface area contributed by atoms with Gasteiger partial charge in [0, 0.05) is 11.4 Å². The van der Waals surface area contributed by atoms with Crippen LogP contribution in [-0.4, -0.2) is 5.11 Å². The van der Waals surface area contributed by atoms with Crippen molar-refractivity contribution in [1.82, 2.24) is 5.32 Å². The molecule has 2 nitrogen and oxygen atoms in total. The predicted octanol–water partition coefficient (Wildman–Crippen LogP) is 4.33. The molecular formula is C13H11Cl2N2S. The van der Waals surface area contributed by atoms with Crippen LogP contribution >= 0.6 is 35.4 Å². The van der Waals surface area contributed by atoms with E-state index in [1.54, 1.807) is 12.1 Å². The summed E-state index contributed by atoms with van der Waals surface area (Å²) in [5, 5.41) is 7.69. The normalized spacial score (nSPS) is 14.0. The molecule has 1 aromatic rings. The summed E-state index contributed by atoms with van der Waals surface area (Å²) in [4.78, 5) is 0. The third-order valence-electron chi connectivity index (χ3n) is 2.32. The average molecular weight is 298 g/mol. The lowest BCUT2D eigenvalue weighted by Crippen LogP contribution is -2.27. The number of hydrogen-bond donors (Lipinski definition) is 2. The van der Waals surface area contributed by atoms with Gasteiger partial charge in [0.2, 0.25) is 0 Å². The van der Waals surface area contributed by atoms with Crippen LogP contribution in [0.5, 0.6) is 0 Å². The van der Waals surface area contributed by atoms with Crippen LogP contribution < -0.4 is 10.6 Å². The topological polar surface area (TPSA) is 24.1 Å². The molecule has 1 aromatic carbocycles. The van der Waals surface area contributed by atoms with Crippen molar-refractivity contribution >= 4 is 46.2 Å². The number of halogens is 2. The zero-order chi connectivity index (χ0) is 13.0. The molecule has 0 spiro atoms. The molecule has 2 rings (SSSR count). The van der Waals surface area contributed by atoms with Crippen molar-refractivity contribution in [2.75, 3.05) is 5.32 Å². The van der Waals surface area contributed by atoms with Crippen LogP contribution in [0, 0.1) is 6.42 Å². The Hall–Kier alpha value is -1.03. The molecule has 0 unspecified atom stereocenters. The zero-order valence-electron chi connectivity index (χ0n) is 9.41. The molecule has 2 N–H and O–H groups in total. The van der Waals surface area contributed by atoms with E-state index in [0.717, 1.165) is 17.8 Å². The van der Waals surface area contributed by atoms with Crippen LogP contribution in [-0.2, 0) is 0 Å². The fourth-order valence-electron chi connectivity index (χ4n) is 1.47. The lowest BCUT2D eigenvalue weighted by Gasteiger charge is -2.13. The molecule has 0 aliphatic heterocycles. The molecule has 1 aliphatic rings. The van der Waals surface area contributed by atoms with Crippen LogP contribution in [0.4, 0.5) is 5.69 Å². The number of thiocarbonyl (C=S) groups is 1. The van der Waals surface area contributed by atoms with Gasteiger partial charge in [-0.15, -0.1) is 0 Å². The van der Waals surface area contributed by atoms with Crippen molar-refractivity contribution in [2.24, 2.45) is 0 Å². The zero-order valence-corrected chi connectivity index (χ0v) is 11.7. The van der Waals surface area contributed by atoms with E-state index in [2.05, 4.69) is 23.1 Å². The Bertz CT molecular complexity index is 524. The standard InChI is InChI=1S/C13H11Cl2N2S/c14-11-7-6-10(8-12(11)15)17-13(18)16-9-4-2-1-3-5-9/h1-2,4-8H,3H2,(H2,16,17,18). The summed E-state index contributed by atoms with van der Waals surface area (Å²) in [6.45, 7) is 0. The summed E-state index contributed by atoms with van der Waals surface area (Å²) < 4.78 is 0. The fourth-order valence-corrected chi connectivity index (χ4v) is 2.01. The van der Waals surface area contributed by atoms with Gasteiger partial charge >= 0.3 is 0 Å². The Morgan fingerprint density at radius 1 is 1.17 bits per heavy atom. The van der Waals surface area contributed by atoms with Gasteiger partial charge in [-0.1, -0.05) is 35.4 Å². The van der Waals surface area contributed by atoms with E-state index in [9.17, 15) is 0 Å². The van der Waals surface area contributed by atoms with Gasteiger partial charge in [0.1, 0.15) is 0 Å². The minimum absolute atomic E-state index is 0.496. The van der Waals surface area contributed by atoms with Gasteiger partial charge in [-0.05, 0) is 49.3 Å².